The van der Waals surface area contributed by atoms with Gasteiger partial charge in [-0.05, 0) is 79.1 Å². The lowest BCUT2D eigenvalue weighted by Gasteiger charge is -2.31. The molecule has 2 aromatic carbocycles. The van der Waals surface area contributed by atoms with Crippen molar-refractivity contribution in [2.75, 3.05) is 39.0 Å². The van der Waals surface area contributed by atoms with E-state index in [0.717, 1.165) is 22.6 Å². The van der Waals surface area contributed by atoms with Crippen molar-refractivity contribution in [3.05, 3.63) is 86.7 Å². The lowest BCUT2D eigenvalue weighted by molar-refractivity contribution is -0.172. The molecule has 6 amide bonds. The Bertz CT molecular complexity index is 2790. The van der Waals surface area contributed by atoms with Gasteiger partial charge in [0.15, 0.2) is 5.60 Å². The van der Waals surface area contributed by atoms with Crippen LogP contribution in [0.25, 0.3) is 22.3 Å². The number of nitrogens with two attached hydrogens (primary N) is 1. The monoisotopic (exact) mass is 1030 g/mol. The molecule has 394 valence electrons. The molecule has 0 aliphatic carbocycles. The van der Waals surface area contributed by atoms with Gasteiger partial charge in [0.25, 0.3) is 5.56 Å². The number of aromatic nitrogens is 2. The van der Waals surface area contributed by atoms with Crippen LogP contribution in [0.5, 0.6) is 5.75 Å². The minimum Gasteiger partial charge on any atom is -0.458 e. The van der Waals surface area contributed by atoms with Gasteiger partial charge in [-0.15, -0.1) is 0 Å². The third-order valence-corrected chi connectivity index (χ3v) is 14.9. The molecule has 0 unspecified atom stereocenters. The summed E-state index contributed by atoms with van der Waals surface area (Å²) in [7, 11) is 1.54. The van der Waals surface area contributed by atoms with Gasteiger partial charge in [0, 0.05) is 70.0 Å². The number of urea groups is 1. The van der Waals surface area contributed by atoms with Crippen molar-refractivity contribution >= 4 is 60.7 Å². The zero-order valence-corrected chi connectivity index (χ0v) is 44.6. The van der Waals surface area contributed by atoms with E-state index < -0.39 is 55.9 Å². The Kier molecular flexibility index (Phi) is 17.7. The Labute approximate surface area is 426 Å². The molecule has 0 bridgehead atoms. The van der Waals surface area contributed by atoms with Crippen molar-refractivity contribution < 1.29 is 48.1 Å². The van der Waals surface area contributed by atoms with Crippen LogP contribution >= 0.6 is 0 Å². The molecule has 21 heteroatoms. The normalized spacial score (nSPS) is 15.7. The average Bonchev–Trinajstić information content (AvgIpc) is 3.70. The number of hydrogen-bond donors (Lipinski definition) is 6. The number of cyclic esters (lactones) is 1. The van der Waals surface area contributed by atoms with Crippen LogP contribution in [0.2, 0.25) is 25.7 Å². The minimum atomic E-state index is -1.94. The molecule has 6 rings (SSSR count). The predicted molar refractivity (Wildman–Crippen MR) is 279 cm³/mol. The number of primary amides is 1. The van der Waals surface area contributed by atoms with Crippen molar-refractivity contribution in [3.8, 4) is 17.1 Å². The van der Waals surface area contributed by atoms with Crippen LogP contribution in [0.1, 0.15) is 81.7 Å². The first-order valence-electron chi connectivity index (χ1n) is 24.8. The molecule has 0 fully saturated rings. The van der Waals surface area contributed by atoms with E-state index in [0.29, 0.717) is 46.7 Å². The Morgan fingerprint density at radius 2 is 1.63 bits per heavy atom. The molecule has 2 aliphatic heterocycles. The van der Waals surface area contributed by atoms with Crippen LogP contribution in [0.15, 0.2) is 53.3 Å². The van der Waals surface area contributed by atoms with Crippen LogP contribution in [-0.2, 0) is 55.6 Å². The van der Waals surface area contributed by atoms with E-state index >= 15 is 0 Å². The first-order valence-corrected chi connectivity index (χ1v) is 28.5. The fourth-order valence-electron chi connectivity index (χ4n) is 8.80. The third-order valence-electron chi connectivity index (χ3n) is 13.1. The number of nitrogens with one attached hydrogen (secondary N) is 4. The molecular weight excluding hydrogens is 955 g/mol. The van der Waals surface area contributed by atoms with Crippen LogP contribution in [-0.4, -0.2) is 120 Å². The van der Waals surface area contributed by atoms with Gasteiger partial charge >= 0.3 is 24.2 Å². The number of ether oxygens (including phenoxy) is 3. The molecule has 0 saturated heterocycles. The van der Waals surface area contributed by atoms with E-state index in [1.54, 1.807) is 74.1 Å². The van der Waals surface area contributed by atoms with Crippen LogP contribution in [0.4, 0.5) is 20.1 Å². The third kappa shape index (κ3) is 13.4. The molecule has 3 atom stereocenters. The summed E-state index contributed by atoms with van der Waals surface area (Å²) in [6.07, 6.45) is 0.0988. The van der Waals surface area contributed by atoms with Crippen molar-refractivity contribution in [1.29, 1.82) is 0 Å². The molecule has 2 aromatic heterocycles. The Morgan fingerprint density at radius 3 is 2.26 bits per heavy atom. The molecule has 20 nitrogen and oxygen atoms in total. The lowest BCUT2D eigenvalue weighted by atomic mass is 9.86. The van der Waals surface area contributed by atoms with Crippen LogP contribution in [0, 0.1) is 5.92 Å². The summed E-state index contributed by atoms with van der Waals surface area (Å²) in [4.78, 5) is 98.8. The number of likely N-dealkylation sites (N-methyl/N-ethyl adjacent to an activating group) is 2. The number of rotatable bonds is 21. The van der Waals surface area contributed by atoms with E-state index in [9.17, 15) is 38.7 Å². The second kappa shape index (κ2) is 23.4. The van der Waals surface area contributed by atoms with E-state index in [1.807, 2.05) is 27.7 Å². The molecule has 0 saturated carbocycles. The van der Waals surface area contributed by atoms with Gasteiger partial charge in [-0.1, -0.05) is 72.4 Å². The number of hydrogen-bond acceptors (Lipinski definition) is 13. The van der Waals surface area contributed by atoms with Gasteiger partial charge in [-0.3, -0.25) is 14.4 Å². The number of carbonyl (C=O) groups is 6. The zero-order valence-electron chi connectivity index (χ0n) is 43.6. The first kappa shape index (κ1) is 55.5. The Balaban J connectivity index is 1.05. The summed E-state index contributed by atoms with van der Waals surface area (Å²) >= 11 is 0. The van der Waals surface area contributed by atoms with Gasteiger partial charge in [-0.2, -0.15) is 0 Å². The molecule has 7 N–H and O–H groups in total. The number of carbonyl (C=O) groups excluding carboxylic acids is 6. The van der Waals surface area contributed by atoms with Crippen molar-refractivity contribution in [3.63, 3.8) is 0 Å². The van der Waals surface area contributed by atoms with E-state index in [1.165, 1.54) is 9.80 Å². The number of esters is 1. The zero-order chi connectivity index (χ0) is 53.5. The maximum absolute atomic E-state index is 13.9. The number of anilines is 1. The number of nitrogens with zero attached hydrogens (tertiary/aromatic N) is 4. The SMILES string of the molecule is CC[C@@]1(O)C(=O)OCc2c1cc1n(c2=O)Cc2c-1nc1ccc(OC(=O)N(C)CCN(C)C(=O)OCc3ccc(NC(=O)[C@H](CCCNC(N)=O)NC(=O)[C@@H](NC(C)C)C(C)C)cc3)cc1c2CC[Si](C)(C)C. The molecule has 2 aliphatic rings. The molecule has 4 aromatic rings. The van der Waals surface area contributed by atoms with Crippen LogP contribution < -0.4 is 37.3 Å². The summed E-state index contributed by atoms with van der Waals surface area (Å²) in [6.45, 7) is 16.7. The fraction of sp³-hybridized carbons (Fsp3) is 0.500. The average molecular weight is 1030 g/mol. The summed E-state index contributed by atoms with van der Waals surface area (Å²) in [5, 5.41) is 23.6. The molecule has 73 heavy (non-hydrogen) atoms. The van der Waals surface area contributed by atoms with Gasteiger partial charge in [0.1, 0.15) is 25.0 Å². The van der Waals surface area contributed by atoms with Crippen LogP contribution in [0.3, 0.4) is 0 Å². The first-order chi connectivity index (χ1) is 34.4. The maximum atomic E-state index is 13.9. The second-order valence-corrected chi connectivity index (χ2v) is 26.4. The standard InChI is InChI=1S/C52H71N9O11Si/c1-11-52(69)39-26-42-44-37(27-61(42)47(64)38(39)29-70-48(52)65)35(20-24-73(8,9)10)36-25-34(18-19-40(36)57-44)72-51(68)60(7)23-22-59(6)50(67)71-28-32-14-16-33(17-15-32)56-45(62)41(13-12-21-54-49(53)66)58-46(63)43(30(2)3)55-31(4)5/h14-19,25-26,30-31,41,43,55,69H,11-13,20-24,27-29H2,1-10H3,(H,56,62)(H,58,63)(H3,53,54,66)/t41-,43-,52-/m0/s1. The highest BCUT2D eigenvalue weighted by Crippen LogP contribution is 2.41. The molecule has 0 radical (unpaired) electrons. The Hall–Kier alpha value is -6.84. The summed E-state index contributed by atoms with van der Waals surface area (Å²) < 4.78 is 18.3. The van der Waals surface area contributed by atoms with Gasteiger partial charge < -0.3 is 60.7 Å². The summed E-state index contributed by atoms with van der Waals surface area (Å²) in [6, 6.07) is 12.5. The number of aryl methyl sites for hydroxylation is 1. The number of benzene rings is 2. The number of aliphatic hydroxyl groups is 1. The topological polar surface area (TPSA) is 266 Å². The van der Waals surface area contributed by atoms with Gasteiger partial charge in [0.2, 0.25) is 11.8 Å². The smallest absolute Gasteiger partial charge is 0.415 e. The highest BCUT2D eigenvalue weighted by molar-refractivity contribution is 6.76. The second-order valence-electron chi connectivity index (χ2n) is 20.7. The van der Waals surface area contributed by atoms with E-state index in [2.05, 4.69) is 40.9 Å². The van der Waals surface area contributed by atoms with Crippen molar-refractivity contribution in [1.82, 2.24) is 35.3 Å². The fourth-order valence-corrected chi connectivity index (χ4v) is 9.80. The summed E-state index contributed by atoms with van der Waals surface area (Å²) in [5.74, 6) is -1.29. The molecule has 4 heterocycles. The van der Waals surface area contributed by atoms with E-state index in [-0.39, 0.29) is 86.8 Å². The van der Waals surface area contributed by atoms with Crippen molar-refractivity contribution in [2.24, 2.45) is 11.7 Å². The Morgan fingerprint density at radius 1 is 0.945 bits per heavy atom. The highest BCUT2D eigenvalue weighted by Gasteiger charge is 2.45. The predicted octanol–water partition coefficient (Wildman–Crippen LogP) is 5.55. The van der Waals surface area contributed by atoms with Crippen molar-refractivity contribution in [2.45, 2.75) is 129 Å². The largest absolute Gasteiger partial charge is 0.458 e. The quantitative estimate of drug-likeness (QED) is 0.0299. The van der Waals surface area contributed by atoms with E-state index in [4.69, 9.17) is 24.9 Å². The number of pyridine rings is 2. The lowest BCUT2D eigenvalue weighted by Crippen LogP contribution is -2.54. The maximum Gasteiger partial charge on any atom is 0.415 e. The van der Waals surface area contributed by atoms with Gasteiger partial charge in [-0.25, -0.2) is 24.2 Å². The minimum absolute atomic E-state index is 0.0381. The number of fused-ring (bicyclic) bond motifs is 5. The molecule has 0 spiro atoms. The number of amides is 6. The van der Waals surface area contributed by atoms with Gasteiger partial charge in [0.05, 0.1) is 35.1 Å². The summed E-state index contributed by atoms with van der Waals surface area (Å²) in [5.41, 5.74) is 8.12. The molecular formula is C52H71N9O11Si. The highest BCUT2D eigenvalue weighted by atomic mass is 28.3.